The van der Waals surface area contributed by atoms with E-state index in [1.807, 2.05) is 30.3 Å². The molecule has 1 unspecified atom stereocenters. The predicted molar refractivity (Wildman–Crippen MR) is 105 cm³/mol. The van der Waals surface area contributed by atoms with Gasteiger partial charge in [-0.15, -0.1) is 0 Å². The van der Waals surface area contributed by atoms with Gasteiger partial charge >= 0.3 is 6.09 Å². The Kier molecular flexibility index (Phi) is 6.28. The van der Waals surface area contributed by atoms with Crippen molar-refractivity contribution in [2.45, 2.75) is 25.5 Å². The standard InChI is InChI=1S/C20H21N3O6/c1-28-18-10-9-15(23(26)27)12-16(18)21-19(24)17-8-5-11-22(17)20(25)29-13-14-6-3-2-4-7-14/h2-4,6-7,9-10,12,17H,5,8,11,13H2,1H3,(H,21,24). The molecule has 0 aliphatic carbocycles. The highest BCUT2D eigenvalue weighted by Crippen LogP contribution is 2.30. The van der Waals surface area contributed by atoms with E-state index in [1.54, 1.807) is 0 Å². The highest BCUT2D eigenvalue weighted by Gasteiger charge is 2.35. The molecule has 29 heavy (non-hydrogen) atoms. The lowest BCUT2D eigenvalue weighted by Gasteiger charge is -2.23. The van der Waals surface area contributed by atoms with Gasteiger partial charge in [-0.3, -0.25) is 19.8 Å². The van der Waals surface area contributed by atoms with Crippen LogP contribution in [0.5, 0.6) is 5.75 Å². The minimum Gasteiger partial charge on any atom is -0.495 e. The molecule has 0 saturated carbocycles. The fourth-order valence-electron chi connectivity index (χ4n) is 3.18. The van der Waals surface area contributed by atoms with Crippen LogP contribution in [0.2, 0.25) is 0 Å². The van der Waals surface area contributed by atoms with Crippen molar-refractivity contribution in [2.75, 3.05) is 19.0 Å². The summed E-state index contributed by atoms with van der Waals surface area (Å²) >= 11 is 0. The molecule has 152 valence electrons. The van der Waals surface area contributed by atoms with Crippen LogP contribution < -0.4 is 10.1 Å². The van der Waals surface area contributed by atoms with Crippen molar-refractivity contribution in [1.29, 1.82) is 0 Å². The molecule has 0 spiro atoms. The third-order valence-corrected chi connectivity index (χ3v) is 4.65. The average Bonchev–Trinajstić information content (AvgIpc) is 3.23. The van der Waals surface area contributed by atoms with Crippen molar-refractivity contribution in [3.05, 3.63) is 64.2 Å². The lowest BCUT2D eigenvalue weighted by Crippen LogP contribution is -2.43. The molecular formula is C20H21N3O6. The second-order valence-corrected chi connectivity index (χ2v) is 6.52. The van der Waals surface area contributed by atoms with Gasteiger partial charge in [0.1, 0.15) is 18.4 Å². The predicted octanol–water partition coefficient (Wildman–Crippen LogP) is 3.34. The average molecular weight is 399 g/mol. The van der Waals surface area contributed by atoms with E-state index >= 15 is 0 Å². The van der Waals surface area contributed by atoms with E-state index in [2.05, 4.69) is 5.32 Å². The van der Waals surface area contributed by atoms with Crippen LogP contribution in [0.1, 0.15) is 18.4 Å². The first-order valence-electron chi connectivity index (χ1n) is 9.10. The van der Waals surface area contributed by atoms with Gasteiger partial charge in [0, 0.05) is 18.7 Å². The van der Waals surface area contributed by atoms with Gasteiger partial charge in [0.25, 0.3) is 5.69 Å². The molecule has 9 nitrogen and oxygen atoms in total. The second kappa shape index (κ2) is 9.05. The number of carbonyl (C=O) groups excluding carboxylic acids is 2. The summed E-state index contributed by atoms with van der Waals surface area (Å²) in [6.07, 6.45) is 0.561. The Morgan fingerprint density at radius 3 is 2.69 bits per heavy atom. The number of benzene rings is 2. The van der Waals surface area contributed by atoms with Crippen LogP contribution in [-0.4, -0.2) is 41.5 Å². The van der Waals surface area contributed by atoms with E-state index in [1.165, 1.54) is 30.2 Å². The van der Waals surface area contributed by atoms with Crippen LogP contribution in [0, 0.1) is 10.1 Å². The number of nitrogens with zero attached hydrogens (tertiary/aromatic N) is 2. The molecule has 0 bridgehead atoms. The first-order valence-corrected chi connectivity index (χ1v) is 9.10. The molecule has 2 amide bonds. The maximum absolute atomic E-state index is 12.8. The summed E-state index contributed by atoms with van der Waals surface area (Å²) in [7, 11) is 1.40. The van der Waals surface area contributed by atoms with Crippen LogP contribution in [0.25, 0.3) is 0 Å². The Morgan fingerprint density at radius 2 is 2.00 bits per heavy atom. The summed E-state index contributed by atoms with van der Waals surface area (Å²) in [5.41, 5.74) is 0.852. The molecule has 1 atom stereocenters. The van der Waals surface area contributed by atoms with Crippen LogP contribution in [0.4, 0.5) is 16.2 Å². The number of hydrogen-bond donors (Lipinski definition) is 1. The van der Waals surface area contributed by atoms with Gasteiger partial charge in [-0.1, -0.05) is 30.3 Å². The van der Waals surface area contributed by atoms with E-state index in [9.17, 15) is 19.7 Å². The molecule has 1 N–H and O–H groups in total. The lowest BCUT2D eigenvalue weighted by atomic mass is 10.2. The maximum atomic E-state index is 12.8. The zero-order chi connectivity index (χ0) is 20.8. The summed E-state index contributed by atoms with van der Waals surface area (Å²) in [5.74, 6) is -0.155. The van der Waals surface area contributed by atoms with E-state index < -0.39 is 23.0 Å². The first-order chi connectivity index (χ1) is 14.0. The van der Waals surface area contributed by atoms with Crippen molar-refractivity contribution < 1.29 is 24.0 Å². The number of likely N-dealkylation sites (tertiary alicyclic amines) is 1. The quantitative estimate of drug-likeness (QED) is 0.589. The number of nitro groups is 1. The van der Waals surface area contributed by atoms with Crippen molar-refractivity contribution in [1.82, 2.24) is 4.90 Å². The molecule has 2 aromatic carbocycles. The molecule has 1 heterocycles. The van der Waals surface area contributed by atoms with E-state index in [-0.39, 0.29) is 18.0 Å². The second-order valence-electron chi connectivity index (χ2n) is 6.52. The lowest BCUT2D eigenvalue weighted by molar-refractivity contribution is -0.384. The summed E-state index contributed by atoms with van der Waals surface area (Å²) < 4.78 is 10.5. The number of ether oxygens (including phenoxy) is 2. The van der Waals surface area contributed by atoms with Crippen LogP contribution >= 0.6 is 0 Å². The number of hydrogen-bond acceptors (Lipinski definition) is 6. The zero-order valence-electron chi connectivity index (χ0n) is 15.9. The van der Waals surface area contributed by atoms with Gasteiger partial charge in [-0.05, 0) is 24.5 Å². The Hall–Kier alpha value is -3.62. The summed E-state index contributed by atoms with van der Waals surface area (Å²) in [4.78, 5) is 37.1. The van der Waals surface area contributed by atoms with Crippen LogP contribution in [0.15, 0.2) is 48.5 Å². The van der Waals surface area contributed by atoms with Gasteiger partial charge < -0.3 is 14.8 Å². The summed E-state index contributed by atoms with van der Waals surface area (Å²) in [5, 5.41) is 13.6. The van der Waals surface area contributed by atoms with Gasteiger partial charge in [0.2, 0.25) is 5.91 Å². The summed E-state index contributed by atoms with van der Waals surface area (Å²) in [6, 6.07) is 12.5. The zero-order valence-corrected chi connectivity index (χ0v) is 15.9. The van der Waals surface area contributed by atoms with E-state index in [0.29, 0.717) is 25.1 Å². The molecule has 0 aromatic heterocycles. The van der Waals surface area contributed by atoms with Crippen LogP contribution in [0.3, 0.4) is 0 Å². The van der Waals surface area contributed by atoms with E-state index in [0.717, 1.165) is 5.56 Å². The third-order valence-electron chi connectivity index (χ3n) is 4.65. The van der Waals surface area contributed by atoms with Gasteiger partial charge in [0.15, 0.2) is 0 Å². The fraction of sp³-hybridized carbons (Fsp3) is 0.300. The summed E-state index contributed by atoms with van der Waals surface area (Å²) in [6.45, 7) is 0.515. The van der Waals surface area contributed by atoms with Gasteiger partial charge in [-0.2, -0.15) is 0 Å². The number of anilines is 1. The molecule has 3 rings (SSSR count). The highest BCUT2D eigenvalue weighted by atomic mass is 16.6. The number of non-ortho nitro benzene ring substituents is 1. The first kappa shape index (κ1) is 20.1. The molecule has 0 radical (unpaired) electrons. The van der Waals surface area contributed by atoms with Gasteiger partial charge in [-0.25, -0.2) is 4.79 Å². The Balaban J connectivity index is 1.67. The monoisotopic (exact) mass is 399 g/mol. The number of amides is 2. The molecule has 1 fully saturated rings. The minimum absolute atomic E-state index is 0.114. The fourth-order valence-corrected chi connectivity index (χ4v) is 3.18. The van der Waals surface area contributed by atoms with Crippen molar-refractivity contribution >= 4 is 23.4 Å². The highest BCUT2D eigenvalue weighted by molar-refractivity contribution is 5.98. The Morgan fingerprint density at radius 1 is 1.24 bits per heavy atom. The number of methoxy groups -OCH3 is 1. The van der Waals surface area contributed by atoms with Crippen molar-refractivity contribution in [3.63, 3.8) is 0 Å². The van der Waals surface area contributed by atoms with Crippen molar-refractivity contribution in [3.8, 4) is 5.75 Å². The SMILES string of the molecule is COc1ccc([N+](=O)[O-])cc1NC(=O)C1CCCN1C(=O)OCc1ccccc1. The molecule has 9 heteroatoms. The molecule has 1 aliphatic heterocycles. The smallest absolute Gasteiger partial charge is 0.410 e. The largest absolute Gasteiger partial charge is 0.495 e. The minimum atomic E-state index is -0.720. The molecule has 1 saturated heterocycles. The Bertz CT molecular complexity index is 902. The Labute approximate surface area is 167 Å². The normalized spacial score (nSPS) is 15.6. The number of nitrogens with one attached hydrogen (secondary N) is 1. The van der Waals surface area contributed by atoms with E-state index in [4.69, 9.17) is 9.47 Å². The maximum Gasteiger partial charge on any atom is 0.410 e. The van der Waals surface area contributed by atoms with Crippen molar-refractivity contribution in [2.24, 2.45) is 0 Å². The number of nitro benzene ring substituents is 1. The number of carbonyl (C=O) groups is 2. The number of rotatable bonds is 6. The molecular weight excluding hydrogens is 378 g/mol. The molecule has 1 aliphatic rings. The third kappa shape index (κ3) is 4.81. The van der Waals surface area contributed by atoms with Gasteiger partial charge in [0.05, 0.1) is 17.7 Å². The molecule has 2 aromatic rings. The topological polar surface area (TPSA) is 111 Å². The van der Waals surface area contributed by atoms with Crippen LogP contribution in [-0.2, 0) is 16.1 Å².